The summed E-state index contributed by atoms with van der Waals surface area (Å²) >= 11 is 1.52. The van der Waals surface area contributed by atoms with Crippen LogP contribution in [0, 0.1) is 17.0 Å². The fourth-order valence-electron chi connectivity index (χ4n) is 1.19. The number of thioether (sulfide) groups is 1. The Morgan fingerprint density at radius 2 is 2.50 bits per heavy atom. The number of aromatic nitrogens is 1. The Balaban J connectivity index is 2.13. The lowest BCUT2D eigenvalue weighted by Crippen LogP contribution is -2.31. The van der Waals surface area contributed by atoms with Gasteiger partial charge in [-0.2, -0.15) is 0 Å². The predicted octanol–water partition coefficient (Wildman–Crippen LogP) is 1.36. The van der Waals surface area contributed by atoms with Gasteiger partial charge in [0.25, 0.3) is 11.8 Å². The van der Waals surface area contributed by atoms with Crippen molar-refractivity contribution in [2.24, 2.45) is 4.99 Å². The third-order valence-corrected chi connectivity index (χ3v) is 2.95. The topological polar surface area (TPSA) is 93.6 Å². The lowest BCUT2D eigenvalue weighted by molar-refractivity contribution is -0.463. The number of nitrogens with one attached hydrogen (secondary N) is 1. The molecule has 0 atom stereocenters. The number of rotatable bonds is 7. The number of nitro groups is 1. The van der Waals surface area contributed by atoms with Crippen molar-refractivity contribution in [2.75, 3.05) is 25.9 Å². The van der Waals surface area contributed by atoms with E-state index in [1.165, 1.54) is 18.8 Å². The fraction of sp³-hybridized carbons (Fsp3) is 0.600. The molecular formula is C10H16N4O3S. The van der Waals surface area contributed by atoms with Crippen LogP contribution in [0.2, 0.25) is 0 Å². The molecule has 0 aliphatic carbocycles. The summed E-state index contributed by atoms with van der Waals surface area (Å²) < 4.78 is 5.18. The van der Waals surface area contributed by atoms with Crippen LogP contribution in [0.5, 0.6) is 0 Å². The van der Waals surface area contributed by atoms with Crippen LogP contribution in [0.25, 0.3) is 0 Å². The molecule has 0 radical (unpaired) electrons. The first-order valence-corrected chi connectivity index (χ1v) is 6.46. The molecule has 7 nitrogen and oxygen atoms in total. The normalized spacial score (nSPS) is 11.6. The summed E-state index contributed by atoms with van der Waals surface area (Å²) in [5.41, 5.74) is 0.863. The highest BCUT2D eigenvalue weighted by atomic mass is 32.2. The van der Waals surface area contributed by atoms with Gasteiger partial charge < -0.3 is 9.73 Å². The first-order chi connectivity index (χ1) is 8.61. The van der Waals surface area contributed by atoms with Gasteiger partial charge in [0.1, 0.15) is 6.26 Å². The van der Waals surface area contributed by atoms with E-state index >= 15 is 0 Å². The number of aliphatic imine (C=N–C) groups is 1. The average Bonchev–Trinajstić information content (AvgIpc) is 2.72. The second-order valence-corrected chi connectivity index (χ2v) is 4.59. The Labute approximate surface area is 109 Å². The smallest absolute Gasteiger partial charge is 0.259 e. The van der Waals surface area contributed by atoms with Gasteiger partial charge in [0.15, 0.2) is 5.84 Å². The molecule has 1 heterocycles. The van der Waals surface area contributed by atoms with Crippen LogP contribution in [0.15, 0.2) is 20.9 Å². The SMILES string of the molecule is CN=C(C[N+](=O)[O-])NCCCSc1nc(C)co1. The molecular weight excluding hydrogens is 256 g/mol. The van der Waals surface area contributed by atoms with Gasteiger partial charge in [0, 0.05) is 24.3 Å². The van der Waals surface area contributed by atoms with Crippen molar-refractivity contribution in [1.82, 2.24) is 10.3 Å². The van der Waals surface area contributed by atoms with Crippen molar-refractivity contribution in [3.8, 4) is 0 Å². The van der Waals surface area contributed by atoms with E-state index in [1.807, 2.05) is 6.92 Å². The van der Waals surface area contributed by atoms with E-state index < -0.39 is 4.92 Å². The van der Waals surface area contributed by atoms with Gasteiger partial charge in [-0.1, -0.05) is 11.8 Å². The second-order valence-electron chi connectivity index (χ2n) is 3.54. The highest BCUT2D eigenvalue weighted by Crippen LogP contribution is 2.16. The maximum absolute atomic E-state index is 10.3. The molecule has 1 aromatic rings. The van der Waals surface area contributed by atoms with Gasteiger partial charge in [0.05, 0.1) is 5.69 Å². The highest BCUT2D eigenvalue weighted by Gasteiger charge is 2.05. The van der Waals surface area contributed by atoms with E-state index in [9.17, 15) is 10.1 Å². The minimum Gasteiger partial charge on any atom is -0.440 e. The number of hydrogen-bond donors (Lipinski definition) is 1. The quantitative estimate of drug-likeness (QED) is 0.201. The molecule has 0 amide bonds. The third-order valence-electron chi connectivity index (χ3n) is 2.02. The first-order valence-electron chi connectivity index (χ1n) is 5.48. The van der Waals surface area contributed by atoms with Gasteiger partial charge in [0.2, 0.25) is 0 Å². The van der Waals surface area contributed by atoms with E-state index in [0.717, 1.165) is 17.9 Å². The van der Waals surface area contributed by atoms with Gasteiger partial charge in [-0.3, -0.25) is 15.1 Å². The lowest BCUT2D eigenvalue weighted by atomic mass is 10.4. The molecule has 0 aromatic carbocycles. The van der Waals surface area contributed by atoms with Crippen molar-refractivity contribution in [3.63, 3.8) is 0 Å². The molecule has 1 N–H and O–H groups in total. The molecule has 18 heavy (non-hydrogen) atoms. The van der Waals surface area contributed by atoms with E-state index in [-0.39, 0.29) is 6.54 Å². The maximum Gasteiger partial charge on any atom is 0.259 e. The monoisotopic (exact) mass is 272 g/mol. The van der Waals surface area contributed by atoms with Gasteiger partial charge in [-0.25, -0.2) is 4.98 Å². The molecule has 0 bridgehead atoms. The Bertz CT molecular complexity index is 419. The van der Waals surface area contributed by atoms with Gasteiger partial charge >= 0.3 is 0 Å². The van der Waals surface area contributed by atoms with Crippen LogP contribution < -0.4 is 5.32 Å². The standard InChI is InChI=1S/C10H16N4O3S/c1-8-7-17-10(13-8)18-5-3-4-12-9(11-2)6-14(15)16/h7H,3-6H2,1-2H3,(H,11,12). The molecule has 0 saturated carbocycles. The molecule has 0 aliphatic heterocycles. The summed E-state index contributed by atoms with van der Waals surface area (Å²) in [4.78, 5) is 17.9. The molecule has 8 heteroatoms. The Hall–Kier alpha value is -1.57. The zero-order valence-electron chi connectivity index (χ0n) is 10.4. The summed E-state index contributed by atoms with van der Waals surface area (Å²) in [6, 6.07) is 0. The van der Waals surface area contributed by atoms with E-state index in [4.69, 9.17) is 4.42 Å². The number of aryl methyl sites for hydroxylation is 1. The molecule has 100 valence electrons. The summed E-state index contributed by atoms with van der Waals surface area (Å²) in [6.45, 7) is 2.26. The number of nitrogens with zero attached hydrogens (tertiary/aromatic N) is 3. The maximum atomic E-state index is 10.3. The molecule has 0 spiro atoms. The van der Waals surface area contributed by atoms with Crippen molar-refractivity contribution >= 4 is 17.6 Å². The first kappa shape index (κ1) is 14.5. The van der Waals surface area contributed by atoms with Crippen LogP contribution in [0.3, 0.4) is 0 Å². The van der Waals surface area contributed by atoms with Crippen LogP contribution in [-0.4, -0.2) is 41.6 Å². The zero-order valence-corrected chi connectivity index (χ0v) is 11.2. The summed E-state index contributed by atoms with van der Waals surface area (Å²) in [5.74, 6) is 1.24. The minimum absolute atomic E-state index is 0.261. The lowest BCUT2D eigenvalue weighted by Gasteiger charge is -2.04. The predicted molar refractivity (Wildman–Crippen MR) is 69.8 cm³/mol. The summed E-state index contributed by atoms with van der Waals surface area (Å²) in [5, 5.41) is 13.9. The van der Waals surface area contributed by atoms with Crippen LogP contribution in [-0.2, 0) is 0 Å². The van der Waals surface area contributed by atoms with Gasteiger partial charge in [-0.05, 0) is 13.3 Å². The number of hydrogen-bond acceptors (Lipinski definition) is 6. The molecule has 0 saturated heterocycles. The highest BCUT2D eigenvalue weighted by molar-refractivity contribution is 7.99. The molecule has 1 aromatic heterocycles. The van der Waals surface area contributed by atoms with E-state index in [2.05, 4.69) is 15.3 Å². The Kier molecular flexibility index (Phi) is 6.20. The van der Waals surface area contributed by atoms with E-state index in [1.54, 1.807) is 6.26 Å². The van der Waals surface area contributed by atoms with E-state index in [0.29, 0.717) is 17.6 Å². The van der Waals surface area contributed by atoms with Crippen LogP contribution >= 0.6 is 11.8 Å². The Morgan fingerprint density at radius 3 is 3.06 bits per heavy atom. The molecule has 0 fully saturated rings. The van der Waals surface area contributed by atoms with Crippen molar-refractivity contribution in [3.05, 3.63) is 22.1 Å². The molecule has 0 unspecified atom stereocenters. The number of oxazole rings is 1. The molecule has 1 rings (SSSR count). The van der Waals surface area contributed by atoms with Crippen LogP contribution in [0.4, 0.5) is 0 Å². The van der Waals surface area contributed by atoms with Crippen molar-refractivity contribution in [2.45, 2.75) is 18.6 Å². The molecule has 0 aliphatic rings. The minimum atomic E-state index is -0.403. The Morgan fingerprint density at radius 1 is 1.72 bits per heavy atom. The fourth-order valence-corrected chi connectivity index (χ4v) is 1.98. The summed E-state index contributed by atoms with van der Waals surface area (Å²) in [6.07, 6.45) is 2.46. The van der Waals surface area contributed by atoms with Crippen molar-refractivity contribution < 1.29 is 9.34 Å². The zero-order chi connectivity index (χ0) is 13.4. The van der Waals surface area contributed by atoms with Crippen molar-refractivity contribution in [1.29, 1.82) is 0 Å². The van der Waals surface area contributed by atoms with Gasteiger partial charge in [-0.15, -0.1) is 0 Å². The summed E-state index contributed by atoms with van der Waals surface area (Å²) in [7, 11) is 1.54. The van der Waals surface area contributed by atoms with Crippen LogP contribution in [0.1, 0.15) is 12.1 Å². The number of amidine groups is 1. The average molecular weight is 272 g/mol. The largest absolute Gasteiger partial charge is 0.440 e. The second kappa shape index (κ2) is 7.70. The third kappa shape index (κ3) is 5.67.